The lowest BCUT2D eigenvalue weighted by Crippen LogP contribution is -2.49. The van der Waals surface area contributed by atoms with Crippen molar-refractivity contribution in [3.8, 4) is 0 Å². The van der Waals surface area contributed by atoms with Crippen LogP contribution in [-0.4, -0.2) is 46.5 Å². The van der Waals surface area contributed by atoms with Crippen molar-refractivity contribution >= 4 is 23.6 Å². The highest BCUT2D eigenvalue weighted by Crippen LogP contribution is 2.20. The normalized spacial score (nSPS) is 17.8. The van der Waals surface area contributed by atoms with E-state index in [2.05, 4.69) is 10.6 Å². The molecule has 3 N–H and O–H groups in total. The maximum absolute atomic E-state index is 12.6. The average Bonchev–Trinajstić information content (AvgIpc) is 3.05. The third kappa shape index (κ3) is 5.21. The maximum atomic E-state index is 12.6. The molecule has 1 saturated heterocycles. The van der Waals surface area contributed by atoms with E-state index in [1.807, 2.05) is 26.0 Å². The Bertz CT molecular complexity index is 657. The second-order valence-electron chi connectivity index (χ2n) is 7.09. The van der Waals surface area contributed by atoms with Crippen LogP contribution in [0.5, 0.6) is 0 Å². The summed E-state index contributed by atoms with van der Waals surface area (Å²) in [7, 11) is 0. The molecule has 0 aliphatic carbocycles. The number of urea groups is 1. The van der Waals surface area contributed by atoms with Crippen LogP contribution in [0.1, 0.15) is 39.2 Å². The minimum absolute atomic E-state index is 0.0209. The first kappa shape index (κ1) is 19.8. The highest BCUT2D eigenvalue weighted by Gasteiger charge is 2.34. The number of carboxylic acid groups (broad SMARTS) is 1. The van der Waals surface area contributed by atoms with Crippen molar-refractivity contribution in [3.63, 3.8) is 0 Å². The number of nitrogens with zero attached hydrogens (tertiary/aromatic N) is 1. The predicted molar refractivity (Wildman–Crippen MR) is 99.0 cm³/mol. The van der Waals surface area contributed by atoms with Crippen molar-refractivity contribution in [3.05, 3.63) is 29.8 Å². The number of anilines is 1. The highest BCUT2D eigenvalue weighted by atomic mass is 16.4. The molecule has 26 heavy (non-hydrogen) atoms. The van der Waals surface area contributed by atoms with E-state index in [9.17, 15) is 14.4 Å². The monoisotopic (exact) mass is 361 g/mol. The maximum Gasteiger partial charge on any atom is 0.318 e. The van der Waals surface area contributed by atoms with Gasteiger partial charge in [-0.25, -0.2) is 4.79 Å². The summed E-state index contributed by atoms with van der Waals surface area (Å²) in [4.78, 5) is 37.3. The van der Waals surface area contributed by atoms with E-state index < -0.39 is 17.9 Å². The van der Waals surface area contributed by atoms with Crippen LogP contribution in [0.2, 0.25) is 0 Å². The second kappa shape index (κ2) is 8.69. The fraction of sp³-hybridized carbons (Fsp3) is 0.526. The van der Waals surface area contributed by atoms with Crippen molar-refractivity contribution < 1.29 is 19.5 Å². The molecule has 7 heteroatoms. The van der Waals surface area contributed by atoms with Crippen LogP contribution in [0.4, 0.5) is 10.5 Å². The summed E-state index contributed by atoms with van der Waals surface area (Å²) in [6.07, 6.45) is 1.89. The van der Waals surface area contributed by atoms with Crippen LogP contribution in [0.3, 0.4) is 0 Å². The molecule has 0 saturated carbocycles. The fourth-order valence-electron chi connectivity index (χ4n) is 3.00. The summed E-state index contributed by atoms with van der Waals surface area (Å²) in [6.45, 7) is 6.00. The minimum Gasteiger partial charge on any atom is -0.481 e. The molecule has 0 bridgehead atoms. The number of rotatable bonds is 6. The Balaban J connectivity index is 1.96. The third-order valence-electron chi connectivity index (χ3n) is 4.41. The molecule has 0 aromatic heterocycles. The Morgan fingerprint density at radius 1 is 1.19 bits per heavy atom. The number of benzene rings is 1. The van der Waals surface area contributed by atoms with Crippen LogP contribution in [0.15, 0.2) is 24.3 Å². The van der Waals surface area contributed by atoms with Crippen molar-refractivity contribution in [1.29, 1.82) is 0 Å². The van der Waals surface area contributed by atoms with Gasteiger partial charge in [-0.05, 0) is 50.8 Å². The molecule has 2 atom stereocenters. The summed E-state index contributed by atoms with van der Waals surface area (Å²) in [5.41, 5.74) is 1.54. The van der Waals surface area contributed by atoms with Gasteiger partial charge in [0, 0.05) is 18.3 Å². The van der Waals surface area contributed by atoms with E-state index in [0.717, 1.165) is 12.0 Å². The SMILES string of the molecule is CC(C)NC(=O)N1CCC[C@H]1C(=O)Nc1ccc(CC(C)C(=O)O)cc1. The molecular formula is C19H27N3O4. The van der Waals surface area contributed by atoms with Gasteiger partial charge in [-0.3, -0.25) is 9.59 Å². The molecule has 7 nitrogen and oxygen atoms in total. The molecule has 1 fully saturated rings. The zero-order valence-corrected chi connectivity index (χ0v) is 15.5. The highest BCUT2D eigenvalue weighted by molar-refractivity contribution is 5.97. The molecule has 0 radical (unpaired) electrons. The number of likely N-dealkylation sites (tertiary alicyclic amines) is 1. The van der Waals surface area contributed by atoms with Gasteiger partial charge in [0.15, 0.2) is 0 Å². The van der Waals surface area contributed by atoms with Gasteiger partial charge in [-0.1, -0.05) is 19.1 Å². The van der Waals surface area contributed by atoms with Crippen LogP contribution in [0.25, 0.3) is 0 Å². The zero-order valence-electron chi connectivity index (χ0n) is 15.5. The molecule has 1 unspecified atom stereocenters. The lowest BCUT2D eigenvalue weighted by molar-refractivity contribution is -0.141. The number of carbonyl (C=O) groups is 3. The van der Waals surface area contributed by atoms with Gasteiger partial charge in [-0.2, -0.15) is 0 Å². The molecular weight excluding hydrogens is 334 g/mol. The Kier molecular flexibility index (Phi) is 6.60. The molecule has 3 amide bonds. The molecule has 1 aromatic rings. The molecule has 1 heterocycles. The molecule has 2 rings (SSSR count). The van der Waals surface area contributed by atoms with Crippen molar-refractivity contribution in [2.45, 2.75) is 52.1 Å². The van der Waals surface area contributed by atoms with Gasteiger partial charge in [0.2, 0.25) is 5.91 Å². The third-order valence-corrected chi connectivity index (χ3v) is 4.41. The number of carbonyl (C=O) groups excluding carboxylic acids is 2. The summed E-state index contributed by atoms with van der Waals surface area (Å²) in [6, 6.07) is 6.48. The fourth-order valence-corrected chi connectivity index (χ4v) is 3.00. The van der Waals surface area contributed by atoms with Crippen LogP contribution < -0.4 is 10.6 Å². The van der Waals surface area contributed by atoms with Crippen LogP contribution in [0, 0.1) is 5.92 Å². The molecule has 1 aliphatic heterocycles. The van der Waals surface area contributed by atoms with Gasteiger partial charge in [-0.15, -0.1) is 0 Å². The van der Waals surface area contributed by atoms with E-state index in [1.165, 1.54) is 0 Å². The van der Waals surface area contributed by atoms with Crippen molar-refractivity contribution in [1.82, 2.24) is 10.2 Å². The lowest BCUT2D eigenvalue weighted by atomic mass is 10.0. The molecule has 1 aromatic carbocycles. The first-order chi connectivity index (χ1) is 12.3. The Hall–Kier alpha value is -2.57. The second-order valence-corrected chi connectivity index (χ2v) is 7.09. The van der Waals surface area contributed by atoms with E-state index in [4.69, 9.17) is 5.11 Å². The van der Waals surface area contributed by atoms with Crippen molar-refractivity contribution in [2.75, 3.05) is 11.9 Å². The van der Waals surface area contributed by atoms with Gasteiger partial charge < -0.3 is 20.6 Å². The van der Waals surface area contributed by atoms with Gasteiger partial charge in [0.1, 0.15) is 6.04 Å². The van der Waals surface area contributed by atoms with Crippen LogP contribution >= 0.6 is 0 Å². The average molecular weight is 361 g/mol. The molecule has 0 spiro atoms. The number of hydrogen-bond acceptors (Lipinski definition) is 3. The number of carboxylic acids is 1. The summed E-state index contributed by atoms with van der Waals surface area (Å²) in [5.74, 6) is -1.49. The van der Waals surface area contributed by atoms with Gasteiger partial charge >= 0.3 is 12.0 Å². The first-order valence-corrected chi connectivity index (χ1v) is 8.97. The first-order valence-electron chi connectivity index (χ1n) is 8.97. The molecule has 1 aliphatic rings. The predicted octanol–water partition coefficient (Wildman–Crippen LogP) is 2.47. The Morgan fingerprint density at radius 3 is 2.42 bits per heavy atom. The summed E-state index contributed by atoms with van der Waals surface area (Å²) in [5, 5.41) is 14.6. The van der Waals surface area contributed by atoms with Crippen LogP contribution in [-0.2, 0) is 16.0 Å². The smallest absolute Gasteiger partial charge is 0.318 e. The number of nitrogens with one attached hydrogen (secondary N) is 2. The topological polar surface area (TPSA) is 98.7 Å². The Morgan fingerprint density at radius 2 is 1.85 bits per heavy atom. The number of hydrogen-bond donors (Lipinski definition) is 3. The van der Waals surface area contributed by atoms with Gasteiger partial charge in [0.05, 0.1) is 5.92 Å². The largest absolute Gasteiger partial charge is 0.481 e. The van der Waals surface area contributed by atoms with E-state index in [1.54, 1.807) is 24.0 Å². The van der Waals surface area contributed by atoms with Gasteiger partial charge in [0.25, 0.3) is 0 Å². The quantitative estimate of drug-likeness (QED) is 0.725. The summed E-state index contributed by atoms with van der Waals surface area (Å²) >= 11 is 0. The van der Waals surface area contributed by atoms with Crippen molar-refractivity contribution in [2.24, 2.45) is 5.92 Å². The lowest BCUT2D eigenvalue weighted by Gasteiger charge is -2.25. The minimum atomic E-state index is -0.830. The van der Waals surface area contributed by atoms with E-state index in [0.29, 0.717) is 25.1 Å². The van der Waals surface area contributed by atoms with E-state index in [-0.39, 0.29) is 18.0 Å². The zero-order chi connectivity index (χ0) is 19.3. The number of aliphatic carboxylic acids is 1. The van der Waals surface area contributed by atoms with E-state index >= 15 is 0 Å². The Labute approximate surface area is 153 Å². The summed E-state index contributed by atoms with van der Waals surface area (Å²) < 4.78 is 0. The molecule has 142 valence electrons. The number of amides is 3. The standard InChI is InChI=1S/C19H27N3O4/c1-12(2)20-19(26)22-10-4-5-16(22)17(23)21-15-8-6-14(7-9-15)11-13(3)18(24)25/h6-9,12-13,16H,4-5,10-11H2,1-3H3,(H,20,26)(H,21,23)(H,24,25)/t13?,16-/m0/s1.